The van der Waals surface area contributed by atoms with Crippen LogP contribution in [0.5, 0.6) is 0 Å². The smallest absolute Gasteiger partial charge is 0.240 e. The number of benzene rings is 1. The van der Waals surface area contributed by atoms with E-state index in [4.69, 9.17) is 5.11 Å². The molecule has 1 heterocycles. The lowest BCUT2D eigenvalue weighted by Gasteiger charge is -2.06. The summed E-state index contributed by atoms with van der Waals surface area (Å²) in [5.41, 5.74) is 2.49. The van der Waals surface area contributed by atoms with Crippen molar-refractivity contribution in [3.63, 3.8) is 0 Å². The van der Waals surface area contributed by atoms with Crippen molar-refractivity contribution in [2.45, 2.75) is 27.0 Å². The first-order chi connectivity index (χ1) is 7.19. The van der Waals surface area contributed by atoms with Crippen molar-refractivity contribution in [3.05, 3.63) is 29.2 Å². The van der Waals surface area contributed by atoms with Crippen LogP contribution in [0.3, 0.4) is 0 Å². The van der Waals surface area contributed by atoms with Crippen LogP contribution in [0.25, 0.3) is 10.9 Å². The molecule has 0 atom stereocenters. The molecule has 0 aliphatic heterocycles. The predicted octanol–water partition coefficient (Wildman–Crippen LogP) is 2.00. The molecule has 15 heavy (non-hydrogen) atoms. The Kier molecular flexibility index (Phi) is 2.44. The zero-order chi connectivity index (χ0) is 11.0. The van der Waals surface area contributed by atoms with Crippen LogP contribution in [-0.2, 0) is 13.2 Å². The first-order valence-electron chi connectivity index (χ1n) is 4.94. The van der Waals surface area contributed by atoms with Gasteiger partial charge in [-0.3, -0.25) is 4.68 Å². The summed E-state index contributed by atoms with van der Waals surface area (Å²) in [7, 11) is 0. The van der Waals surface area contributed by atoms with Crippen LogP contribution in [-0.4, -0.2) is 14.9 Å². The Balaban J connectivity index is 2.83. The van der Waals surface area contributed by atoms with Crippen molar-refractivity contribution >= 4 is 10.9 Å². The van der Waals surface area contributed by atoms with Crippen LogP contribution in [0.4, 0.5) is 4.39 Å². The van der Waals surface area contributed by atoms with E-state index in [2.05, 4.69) is 5.10 Å². The molecule has 2 aromatic rings. The highest BCUT2D eigenvalue weighted by molar-refractivity contribution is 5.83. The van der Waals surface area contributed by atoms with E-state index >= 15 is 0 Å². The number of aliphatic hydroxyl groups excluding tert-OH is 1. The maximum absolute atomic E-state index is 13.4. The fraction of sp³-hybridized carbons (Fsp3) is 0.364. The van der Waals surface area contributed by atoms with Gasteiger partial charge in [-0.15, -0.1) is 5.10 Å². The molecule has 2 rings (SSSR count). The molecule has 1 aromatic heterocycles. The Morgan fingerprint density at radius 3 is 2.80 bits per heavy atom. The van der Waals surface area contributed by atoms with Crippen molar-refractivity contribution in [2.24, 2.45) is 0 Å². The number of hydrogen-bond acceptors (Lipinski definition) is 2. The molecule has 0 bridgehead atoms. The van der Waals surface area contributed by atoms with Crippen LogP contribution in [0.15, 0.2) is 12.1 Å². The van der Waals surface area contributed by atoms with Gasteiger partial charge in [-0.2, -0.15) is 4.39 Å². The quantitative estimate of drug-likeness (QED) is 0.819. The number of halogens is 1. The molecule has 0 saturated heterocycles. The lowest BCUT2D eigenvalue weighted by atomic mass is 10.1. The molecule has 80 valence electrons. The third-order valence-corrected chi connectivity index (χ3v) is 2.70. The monoisotopic (exact) mass is 208 g/mol. The van der Waals surface area contributed by atoms with Crippen molar-refractivity contribution in [1.29, 1.82) is 0 Å². The van der Waals surface area contributed by atoms with Gasteiger partial charge in [-0.25, -0.2) is 0 Å². The third-order valence-electron chi connectivity index (χ3n) is 2.70. The average molecular weight is 208 g/mol. The number of fused-ring (bicyclic) bond motifs is 1. The van der Waals surface area contributed by atoms with Gasteiger partial charge in [-0.05, 0) is 31.0 Å². The molecular weight excluding hydrogens is 195 g/mol. The minimum absolute atomic E-state index is 0.0295. The Bertz CT molecular complexity index is 505. The van der Waals surface area contributed by atoms with Crippen LogP contribution in [0.1, 0.15) is 18.1 Å². The van der Waals surface area contributed by atoms with Gasteiger partial charge in [0.2, 0.25) is 5.95 Å². The number of aryl methyl sites for hydroxylation is 2. The number of hydrogen-bond donors (Lipinski definition) is 1. The summed E-state index contributed by atoms with van der Waals surface area (Å²) in [4.78, 5) is 0. The Morgan fingerprint density at radius 2 is 2.20 bits per heavy atom. The fourth-order valence-electron chi connectivity index (χ4n) is 1.85. The molecule has 0 aliphatic carbocycles. The van der Waals surface area contributed by atoms with Gasteiger partial charge in [-0.1, -0.05) is 6.07 Å². The zero-order valence-corrected chi connectivity index (χ0v) is 8.79. The van der Waals surface area contributed by atoms with Crippen molar-refractivity contribution in [1.82, 2.24) is 9.78 Å². The summed E-state index contributed by atoms with van der Waals surface area (Å²) in [6, 6.07) is 3.41. The summed E-state index contributed by atoms with van der Waals surface area (Å²) in [5.74, 6) is -0.445. The van der Waals surface area contributed by atoms with E-state index < -0.39 is 5.95 Å². The van der Waals surface area contributed by atoms with E-state index in [-0.39, 0.29) is 6.61 Å². The average Bonchev–Trinajstić information content (AvgIpc) is 2.57. The molecular formula is C11H13FN2O. The Hall–Kier alpha value is -1.42. The van der Waals surface area contributed by atoms with Gasteiger partial charge in [0, 0.05) is 6.54 Å². The maximum atomic E-state index is 13.4. The second-order valence-corrected chi connectivity index (χ2v) is 3.51. The minimum Gasteiger partial charge on any atom is -0.392 e. The molecule has 1 aromatic carbocycles. The van der Waals surface area contributed by atoms with E-state index in [1.807, 2.05) is 13.8 Å². The number of rotatable bonds is 2. The second-order valence-electron chi connectivity index (χ2n) is 3.51. The molecule has 0 spiro atoms. The summed E-state index contributed by atoms with van der Waals surface area (Å²) in [5, 5.41) is 13.5. The summed E-state index contributed by atoms with van der Waals surface area (Å²) >= 11 is 0. The first kappa shape index (κ1) is 10.1. The number of aliphatic hydroxyl groups is 1. The number of aromatic nitrogens is 2. The largest absolute Gasteiger partial charge is 0.392 e. The third kappa shape index (κ3) is 1.41. The molecule has 0 fully saturated rings. The maximum Gasteiger partial charge on any atom is 0.240 e. The van der Waals surface area contributed by atoms with E-state index in [0.29, 0.717) is 11.9 Å². The highest BCUT2D eigenvalue weighted by Crippen LogP contribution is 2.24. The summed E-state index contributed by atoms with van der Waals surface area (Å²) in [6.07, 6.45) is 0. The van der Waals surface area contributed by atoms with Gasteiger partial charge in [0.15, 0.2) is 0 Å². The zero-order valence-electron chi connectivity index (χ0n) is 8.79. The van der Waals surface area contributed by atoms with Gasteiger partial charge < -0.3 is 5.11 Å². The molecule has 0 aliphatic rings. The second kappa shape index (κ2) is 3.62. The molecule has 0 radical (unpaired) electrons. The highest BCUT2D eigenvalue weighted by Gasteiger charge is 2.13. The van der Waals surface area contributed by atoms with Crippen LogP contribution < -0.4 is 0 Å². The highest BCUT2D eigenvalue weighted by atomic mass is 19.1. The first-order valence-corrected chi connectivity index (χ1v) is 4.94. The Morgan fingerprint density at radius 1 is 1.47 bits per heavy atom. The number of nitrogens with zero attached hydrogens (tertiary/aromatic N) is 2. The van der Waals surface area contributed by atoms with Gasteiger partial charge in [0.25, 0.3) is 0 Å². The Labute approximate surface area is 87.1 Å². The molecule has 0 unspecified atom stereocenters. The summed E-state index contributed by atoms with van der Waals surface area (Å²) < 4.78 is 15.0. The van der Waals surface area contributed by atoms with E-state index in [9.17, 15) is 4.39 Å². The SMILES string of the molecule is CCn1nc(F)c2ccc(CO)c(C)c21. The molecule has 3 nitrogen and oxygen atoms in total. The molecule has 0 saturated carbocycles. The van der Waals surface area contributed by atoms with Gasteiger partial charge >= 0.3 is 0 Å². The normalized spacial score (nSPS) is 11.2. The minimum atomic E-state index is -0.445. The van der Waals surface area contributed by atoms with Gasteiger partial charge in [0.05, 0.1) is 17.5 Å². The van der Waals surface area contributed by atoms with E-state index in [1.54, 1.807) is 16.8 Å². The van der Waals surface area contributed by atoms with Gasteiger partial charge in [0.1, 0.15) is 0 Å². The van der Waals surface area contributed by atoms with E-state index in [0.717, 1.165) is 16.6 Å². The van der Waals surface area contributed by atoms with Crippen molar-refractivity contribution in [2.75, 3.05) is 0 Å². The standard InChI is InChI=1S/C11H13FN2O/c1-3-14-10-7(2)8(6-15)4-5-9(10)11(12)13-14/h4-5,15H,3,6H2,1-2H3. The lowest BCUT2D eigenvalue weighted by Crippen LogP contribution is -1.99. The topological polar surface area (TPSA) is 38.0 Å². The van der Waals surface area contributed by atoms with Crippen LogP contribution >= 0.6 is 0 Å². The molecule has 1 N–H and O–H groups in total. The molecule has 4 heteroatoms. The van der Waals surface area contributed by atoms with Crippen LogP contribution in [0, 0.1) is 12.9 Å². The van der Waals surface area contributed by atoms with Crippen molar-refractivity contribution in [3.8, 4) is 0 Å². The van der Waals surface area contributed by atoms with E-state index in [1.165, 1.54) is 0 Å². The fourth-order valence-corrected chi connectivity index (χ4v) is 1.85. The van der Waals surface area contributed by atoms with Crippen molar-refractivity contribution < 1.29 is 9.50 Å². The molecule has 0 amide bonds. The lowest BCUT2D eigenvalue weighted by molar-refractivity contribution is 0.281. The van der Waals surface area contributed by atoms with Crippen LogP contribution in [0.2, 0.25) is 0 Å². The summed E-state index contributed by atoms with van der Waals surface area (Å²) in [6.45, 7) is 4.38. The predicted molar refractivity (Wildman–Crippen MR) is 56.0 cm³/mol.